The molecule has 30 heavy (non-hydrogen) atoms. The molecule has 4 nitrogen and oxygen atoms in total. The second-order valence-electron chi connectivity index (χ2n) is 8.04. The quantitative estimate of drug-likeness (QED) is 0.550. The topological polar surface area (TPSA) is 27.7 Å². The van der Waals surface area contributed by atoms with Crippen molar-refractivity contribution in [2.24, 2.45) is 0 Å². The lowest BCUT2D eigenvalue weighted by molar-refractivity contribution is 0.0368. The number of nitrogens with one attached hydrogen (secondary N) is 1. The number of ether oxygens (including phenoxy) is 1. The molecule has 0 atom stereocenters. The van der Waals surface area contributed by atoms with E-state index in [1.54, 1.807) is 0 Å². The fraction of sp³-hybridized carbons (Fsp3) is 0.458. The lowest BCUT2D eigenvalue weighted by Crippen LogP contribution is -2.40. The summed E-state index contributed by atoms with van der Waals surface area (Å²) in [6, 6.07) is 16.6. The molecule has 0 unspecified atom stereocenters. The molecule has 0 aliphatic carbocycles. The van der Waals surface area contributed by atoms with E-state index in [1.807, 2.05) is 24.3 Å². The molecule has 2 aromatic rings. The Morgan fingerprint density at radius 1 is 1.13 bits per heavy atom. The number of morpholine rings is 1. The van der Waals surface area contributed by atoms with Gasteiger partial charge in [0.15, 0.2) is 5.11 Å². The van der Waals surface area contributed by atoms with Gasteiger partial charge in [-0.2, -0.15) is 0 Å². The standard InChI is InChI=1S/C24H32ClN3OS/c1-19(2)21-10-8-20(9-11-21)18-28(13-5-12-27-14-16-29-17-15-27)24(30)26-23-7-4-3-6-22(23)25/h3-4,6-11,19H,5,12-18H2,1-2H3,(H,26,30). The van der Waals surface area contributed by atoms with Crippen LogP contribution in [0.25, 0.3) is 0 Å². The third-order valence-electron chi connectivity index (χ3n) is 5.43. The number of anilines is 1. The maximum atomic E-state index is 6.33. The lowest BCUT2D eigenvalue weighted by atomic mass is 10.0. The molecule has 1 fully saturated rings. The molecule has 0 saturated carbocycles. The van der Waals surface area contributed by atoms with Gasteiger partial charge in [0, 0.05) is 32.7 Å². The van der Waals surface area contributed by atoms with E-state index in [1.165, 1.54) is 11.1 Å². The Bertz CT molecular complexity index is 806. The Balaban J connectivity index is 1.65. The van der Waals surface area contributed by atoms with Gasteiger partial charge in [-0.3, -0.25) is 4.90 Å². The Labute approximate surface area is 191 Å². The number of thiocarbonyl (C=S) groups is 1. The van der Waals surface area contributed by atoms with Gasteiger partial charge in [-0.15, -0.1) is 0 Å². The molecular weight excluding hydrogens is 414 g/mol. The van der Waals surface area contributed by atoms with Crippen molar-refractivity contribution in [3.8, 4) is 0 Å². The molecular formula is C24H32ClN3OS. The van der Waals surface area contributed by atoms with Crippen LogP contribution in [0.2, 0.25) is 5.02 Å². The monoisotopic (exact) mass is 445 g/mol. The molecule has 0 bridgehead atoms. The second kappa shape index (κ2) is 11.7. The van der Waals surface area contributed by atoms with Crippen LogP contribution in [-0.4, -0.2) is 54.3 Å². The molecule has 3 rings (SSSR count). The molecule has 1 aliphatic rings. The van der Waals surface area contributed by atoms with Gasteiger partial charge in [-0.25, -0.2) is 0 Å². The lowest BCUT2D eigenvalue weighted by Gasteiger charge is -2.30. The minimum atomic E-state index is 0.534. The van der Waals surface area contributed by atoms with E-state index in [0.717, 1.165) is 58.0 Å². The van der Waals surface area contributed by atoms with Gasteiger partial charge in [0.05, 0.1) is 23.9 Å². The summed E-state index contributed by atoms with van der Waals surface area (Å²) in [6.07, 6.45) is 1.05. The molecule has 0 radical (unpaired) electrons. The van der Waals surface area contributed by atoms with E-state index in [4.69, 9.17) is 28.6 Å². The van der Waals surface area contributed by atoms with Crippen LogP contribution in [0.5, 0.6) is 0 Å². The number of hydrogen-bond acceptors (Lipinski definition) is 3. The third-order valence-corrected chi connectivity index (χ3v) is 6.12. The average Bonchev–Trinajstić information content (AvgIpc) is 2.75. The molecule has 2 aromatic carbocycles. The van der Waals surface area contributed by atoms with Crippen LogP contribution >= 0.6 is 23.8 Å². The number of halogens is 1. The van der Waals surface area contributed by atoms with E-state index in [0.29, 0.717) is 16.1 Å². The normalized spacial score (nSPS) is 14.7. The van der Waals surface area contributed by atoms with E-state index in [-0.39, 0.29) is 0 Å². The first kappa shape index (κ1) is 23.0. The highest BCUT2D eigenvalue weighted by Gasteiger charge is 2.15. The summed E-state index contributed by atoms with van der Waals surface area (Å²) in [7, 11) is 0. The van der Waals surface area contributed by atoms with Gasteiger partial charge in [0.25, 0.3) is 0 Å². The first-order valence-corrected chi connectivity index (χ1v) is 11.5. The van der Waals surface area contributed by atoms with Crippen LogP contribution in [0.3, 0.4) is 0 Å². The highest BCUT2D eigenvalue weighted by Crippen LogP contribution is 2.22. The van der Waals surface area contributed by atoms with Gasteiger partial charge in [-0.1, -0.05) is 61.8 Å². The van der Waals surface area contributed by atoms with Crippen molar-refractivity contribution < 1.29 is 4.74 Å². The van der Waals surface area contributed by atoms with Crippen molar-refractivity contribution in [3.63, 3.8) is 0 Å². The zero-order valence-corrected chi connectivity index (χ0v) is 19.5. The first-order chi connectivity index (χ1) is 14.5. The smallest absolute Gasteiger partial charge is 0.173 e. The van der Waals surface area contributed by atoms with Crippen molar-refractivity contribution >= 4 is 34.6 Å². The molecule has 0 amide bonds. The third kappa shape index (κ3) is 6.95. The van der Waals surface area contributed by atoms with Crippen molar-refractivity contribution in [3.05, 3.63) is 64.7 Å². The summed E-state index contributed by atoms with van der Waals surface area (Å²) >= 11 is 12.1. The van der Waals surface area contributed by atoms with Gasteiger partial charge in [0.1, 0.15) is 0 Å². The van der Waals surface area contributed by atoms with Gasteiger partial charge in [-0.05, 0) is 47.8 Å². The maximum absolute atomic E-state index is 6.33. The van der Waals surface area contributed by atoms with E-state index in [9.17, 15) is 0 Å². The summed E-state index contributed by atoms with van der Waals surface area (Å²) in [5, 5.41) is 4.72. The summed E-state index contributed by atoms with van der Waals surface area (Å²) in [5.41, 5.74) is 3.46. The SMILES string of the molecule is CC(C)c1ccc(CN(CCCN2CCOCC2)C(=S)Nc2ccccc2Cl)cc1. The summed E-state index contributed by atoms with van der Waals surface area (Å²) in [5.74, 6) is 0.534. The first-order valence-electron chi connectivity index (χ1n) is 10.7. The zero-order chi connectivity index (χ0) is 21.3. The molecule has 1 saturated heterocycles. The van der Waals surface area contributed by atoms with Gasteiger partial charge < -0.3 is 15.0 Å². The van der Waals surface area contributed by atoms with E-state index >= 15 is 0 Å². The predicted molar refractivity (Wildman–Crippen MR) is 130 cm³/mol. The minimum Gasteiger partial charge on any atom is -0.379 e. The van der Waals surface area contributed by atoms with Crippen LogP contribution in [-0.2, 0) is 11.3 Å². The zero-order valence-electron chi connectivity index (χ0n) is 17.9. The largest absolute Gasteiger partial charge is 0.379 e. The Morgan fingerprint density at radius 2 is 1.83 bits per heavy atom. The fourth-order valence-electron chi connectivity index (χ4n) is 3.55. The molecule has 162 valence electrons. The number of benzene rings is 2. The Morgan fingerprint density at radius 3 is 2.50 bits per heavy atom. The van der Waals surface area contributed by atoms with Crippen molar-refractivity contribution in [1.29, 1.82) is 0 Å². The Hall–Kier alpha value is -1.66. The maximum Gasteiger partial charge on any atom is 0.173 e. The van der Waals surface area contributed by atoms with Crippen molar-refractivity contribution in [2.75, 3.05) is 44.7 Å². The van der Waals surface area contributed by atoms with E-state index in [2.05, 4.69) is 53.2 Å². The average molecular weight is 446 g/mol. The molecule has 1 N–H and O–H groups in total. The molecule has 0 aromatic heterocycles. The number of hydrogen-bond donors (Lipinski definition) is 1. The van der Waals surface area contributed by atoms with Gasteiger partial charge in [0.2, 0.25) is 0 Å². The highest BCUT2D eigenvalue weighted by molar-refractivity contribution is 7.80. The predicted octanol–water partition coefficient (Wildman–Crippen LogP) is 5.38. The molecule has 6 heteroatoms. The number of rotatable bonds is 8. The van der Waals surface area contributed by atoms with Gasteiger partial charge >= 0.3 is 0 Å². The van der Waals surface area contributed by atoms with Crippen LogP contribution in [0.1, 0.15) is 37.3 Å². The van der Waals surface area contributed by atoms with Crippen molar-refractivity contribution in [1.82, 2.24) is 9.80 Å². The fourth-order valence-corrected chi connectivity index (χ4v) is 4.00. The van der Waals surface area contributed by atoms with Crippen LogP contribution in [0.4, 0.5) is 5.69 Å². The molecule has 1 aliphatic heterocycles. The summed E-state index contributed by atoms with van der Waals surface area (Å²) in [4.78, 5) is 4.70. The van der Waals surface area contributed by atoms with Crippen LogP contribution < -0.4 is 5.32 Å². The number of para-hydroxylation sites is 1. The van der Waals surface area contributed by atoms with Crippen molar-refractivity contribution in [2.45, 2.75) is 32.7 Å². The second-order valence-corrected chi connectivity index (χ2v) is 8.83. The minimum absolute atomic E-state index is 0.534. The molecule has 0 spiro atoms. The highest BCUT2D eigenvalue weighted by atomic mass is 35.5. The van der Waals surface area contributed by atoms with Crippen LogP contribution in [0, 0.1) is 0 Å². The summed E-state index contributed by atoms with van der Waals surface area (Å²) < 4.78 is 5.45. The Kier molecular flexibility index (Phi) is 8.94. The molecule has 1 heterocycles. The number of nitrogens with zero attached hydrogens (tertiary/aromatic N) is 2. The van der Waals surface area contributed by atoms with E-state index < -0.39 is 0 Å². The van der Waals surface area contributed by atoms with Crippen LogP contribution in [0.15, 0.2) is 48.5 Å². The summed E-state index contributed by atoms with van der Waals surface area (Å²) in [6.45, 7) is 10.8.